The zero-order valence-electron chi connectivity index (χ0n) is 16.2. The molecule has 1 atom stereocenters. The van der Waals surface area contributed by atoms with Gasteiger partial charge in [-0.1, -0.05) is 28.9 Å². The van der Waals surface area contributed by atoms with E-state index in [4.69, 9.17) is 16.3 Å². The molecular weight excluding hydrogens is 408 g/mol. The van der Waals surface area contributed by atoms with Crippen molar-refractivity contribution in [2.24, 2.45) is 0 Å². The number of aromatic nitrogens is 5. The average molecular weight is 427 g/mol. The van der Waals surface area contributed by atoms with E-state index in [1.165, 1.54) is 18.5 Å². The second kappa shape index (κ2) is 7.49. The summed E-state index contributed by atoms with van der Waals surface area (Å²) in [4.78, 5) is 28.0. The van der Waals surface area contributed by atoms with E-state index in [0.29, 0.717) is 21.9 Å². The molecule has 2 N–H and O–H groups in total. The Bertz CT molecular complexity index is 1240. The molecule has 0 aliphatic carbocycles. The van der Waals surface area contributed by atoms with E-state index in [0.717, 1.165) is 18.7 Å². The first kappa shape index (κ1) is 18.7. The van der Waals surface area contributed by atoms with Crippen LogP contribution in [0.15, 0.2) is 39.6 Å². The highest BCUT2D eigenvalue weighted by Gasteiger charge is 2.17. The van der Waals surface area contributed by atoms with Crippen LogP contribution < -0.4 is 15.4 Å². The first-order valence-corrected chi connectivity index (χ1v) is 10.1. The maximum absolute atomic E-state index is 11.1. The van der Waals surface area contributed by atoms with E-state index >= 15 is 0 Å². The Morgan fingerprint density at radius 2 is 1.93 bits per heavy atom. The minimum Gasteiger partial charge on any atom is -0.453 e. The largest absolute Gasteiger partial charge is 0.453 e. The van der Waals surface area contributed by atoms with Gasteiger partial charge in [-0.2, -0.15) is 4.98 Å². The number of H-pyrrole nitrogens is 2. The SMILES string of the molecule is CC(Oc1nc2nc(-c3ccc(N4CCCC4)cc3)c(Cl)cc2[nH]1)c1noc(=O)[nH]1. The molecule has 154 valence electrons. The van der Waals surface area contributed by atoms with Gasteiger partial charge in [0.2, 0.25) is 0 Å². The zero-order valence-corrected chi connectivity index (χ0v) is 16.9. The number of ether oxygens (including phenoxy) is 1. The molecule has 5 rings (SSSR count). The Hall–Kier alpha value is -3.33. The minimum absolute atomic E-state index is 0.242. The highest BCUT2D eigenvalue weighted by atomic mass is 35.5. The van der Waals surface area contributed by atoms with E-state index in [1.807, 2.05) is 12.1 Å². The molecule has 1 unspecified atom stereocenters. The van der Waals surface area contributed by atoms with Crippen LogP contribution >= 0.6 is 11.6 Å². The number of benzene rings is 1. The molecule has 4 aromatic rings. The third kappa shape index (κ3) is 3.52. The van der Waals surface area contributed by atoms with Gasteiger partial charge in [0.15, 0.2) is 17.6 Å². The van der Waals surface area contributed by atoms with Crippen molar-refractivity contribution in [1.29, 1.82) is 0 Å². The van der Waals surface area contributed by atoms with Crippen molar-refractivity contribution in [3.8, 4) is 17.3 Å². The number of nitrogens with zero attached hydrogens (tertiary/aromatic N) is 4. The number of anilines is 1. The standard InChI is InChI=1S/C20H19ClN6O3/c1-11(17-25-20(28)30-26-17)29-19-22-15-10-14(21)16(23-18(15)24-19)12-4-6-13(7-5-12)27-8-2-3-9-27/h4-7,10-11H,2-3,8-9H2,1H3,(H,22,23,24)(H,25,26,28). The van der Waals surface area contributed by atoms with Gasteiger partial charge in [0.05, 0.1) is 16.2 Å². The minimum atomic E-state index is -0.640. The molecule has 1 aliphatic heterocycles. The molecule has 10 heteroatoms. The number of imidazole rings is 1. The molecule has 0 saturated carbocycles. The third-order valence-electron chi connectivity index (χ3n) is 5.15. The third-order valence-corrected chi connectivity index (χ3v) is 5.44. The maximum Gasteiger partial charge on any atom is 0.439 e. The van der Waals surface area contributed by atoms with Crippen LogP contribution in [-0.4, -0.2) is 38.2 Å². The number of fused-ring (bicyclic) bond motifs is 1. The van der Waals surface area contributed by atoms with E-state index < -0.39 is 11.9 Å². The van der Waals surface area contributed by atoms with Gasteiger partial charge in [0, 0.05) is 24.3 Å². The van der Waals surface area contributed by atoms with Gasteiger partial charge in [-0.3, -0.25) is 9.51 Å². The monoisotopic (exact) mass is 426 g/mol. The summed E-state index contributed by atoms with van der Waals surface area (Å²) in [6.45, 7) is 3.91. The van der Waals surface area contributed by atoms with E-state index in [2.05, 4.69) is 46.6 Å². The molecule has 1 aromatic carbocycles. The Kier molecular flexibility index (Phi) is 4.66. The second-order valence-corrected chi connectivity index (χ2v) is 7.62. The smallest absolute Gasteiger partial charge is 0.439 e. The molecule has 3 aromatic heterocycles. The number of rotatable bonds is 5. The van der Waals surface area contributed by atoms with E-state index in [-0.39, 0.29) is 11.8 Å². The molecule has 1 fully saturated rings. The summed E-state index contributed by atoms with van der Waals surface area (Å²) in [5.74, 6) is -0.371. The van der Waals surface area contributed by atoms with Crippen LogP contribution in [0.3, 0.4) is 0 Å². The molecule has 0 radical (unpaired) electrons. The summed E-state index contributed by atoms with van der Waals surface area (Å²) in [5.41, 5.74) is 3.92. The van der Waals surface area contributed by atoms with Gasteiger partial charge in [0.25, 0.3) is 6.01 Å². The van der Waals surface area contributed by atoms with Crippen LogP contribution in [0, 0.1) is 0 Å². The van der Waals surface area contributed by atoms with Crippen LogP contribution in [0.4, 0.5) is 5.69 Å². The fraction of sp³-hybridized carbons (Fsp3) is 0.300. The van der Waals surface area contributed by atoms with Crippen molar-refractivity contribution in [2.45, 2.75) is 25.9 Å². The first-order chi connectivity index (χ1) is 14.6. The van der Waals surface area contributed by atoms with Gasteiger partial charge in [0.1, 0.15) is 0 Å². The first-order valence-electron chi connectivity index (χ1n) is 9.71. The molecular formula is C20H19ClN6O3. The Morgan fingerprint density at radius 1 is 1.17 bits per heavy atom. The van der Waals surface area contributed by atoms with Crippen molar-refractivity contribution >= 4 is 28.5 Å². The molecule has 4 heterocycles. The zero-order chi connectivity index (χ0) is 20.7. The van der Waals surface area contributed by atoms with Gasteiger partial charge >= 0.3 is 5.76 Å². The van der Waals surface area contributed by atoms with Crippen molar-refractivity contribution in [3.05, 3.63) is 51.7 Å². The fourth-order valence-corrected chi connectivity index (χ4v) is 3.86. The average Bonchev–Trinajstić information content (AvgIpc) is 3.48. The summed E-state index contributed by atoms with van der Waals surface area (Å²) in [6.07, 6.45) is 1.91. The lowest BCUT2D eigenvalue weighted by Crippen LogP contribution is -2.17. The summed E-state index contributed by atoms with van der Waals surface area (Å²) in [6, 6.07) is 10.3. The van der Waals surface area contributed by atoms with Crippen LogP contribution in [-0.2, 0) is 0 Å². The fourth-order valence-electron chi connectivity index (χ4n) is 3.60. The lowest BCUT2D eigenvalue weighted by molar-refractivity contribution is 0.195. The predicted molar refractivity (Wildman–Crippen MR) is 112 cm³/mol. The summed E-state index contributed by atoms with van der Waals surface area (Å²) in [7, 11) is 0. The topological polar surface area (TPSA) is 113 Å². The molecule has 0 bridgehead atoms. The number of hydrogen-bond donors (Lipinski definition) is 2. The highest BCUT2D eigenvalue weighted by Crippen LogP contribution is 2.31. The van der Waals surface area contributed by atoms with Gasteiger partial charge in [-0.05, 0) is 38.0 Å². The quantitative estimate of drug-likeness (QED) is 0.500. The Morgan fingerprint density at radius 3 is 2.63 bits per heavy atom. The van der Waals surface area contributed by atoms with Gasteiger partial charge in [-0.25, -0.2) is 9.78 Å². The summed E-state index contributed by atoms with van der Waals surface area (Å²) < 4.78 is 10.2. The van der Waals surface area contributed by atoms with E-state index in [9.17, 15) is 4.79 Å². The normalized spacial score (nSPS) is 15.1. The Labute approximate surface area is 176 Å². The number of pyridine rings is 1. The van der Waals surface area contributed by atoms with Gasteiger partial charge in [-0.15, -0.1) is 0 Å². The molecule has 1 saturated heterocycles. The lowest BCUT2D eigenvalue weighted by Gasteiger charge is -2.17. The second-order valence-electron chi connectivity index (χ2n) is 7.21. The lowest BCUT2D eigenvalue weighted by atomic mass is 10.1. The molecule has 9 nitrogen and oxygen atoms in total. The highest BCUT2D eigenvalue weighted by molar-refractivity contribution is 6.33. The van der Waals surface area contributed by atoms with Crippen molar-refractivity contribution < 1.29 is 9.26 Å². The number of hydrogen-bond acceptors (Lipinski definition) is 7. The van der Waals surface area contributed by atoms with Crippen molar-refractivity contribution in [3.63, 3.8) is 0 Å². The molecule has 0 amide bonds. The van der Waals surface area contributed by atoms with E-state index in [1.54, 1.807) is 13.0 Å². The summed E-state index contributed by atoms with van der Waals surface area (Å²) >= 11 is 6.49. The van der Waals surface area contributed by atoms with Crippen molar-refractivity contribution in [2.75, 3.05) is 18.0 Å². The van der Waals surface area contributed by atoms with Crippen LogP contribution in [0.2, 0.25) is 5.02 Å². The number of aromatic amines is 2. The summed E-state index contributed by atoms with van der Waals surface area (Å²) in [5, 5.41) is 4.13. The van der Waals surface area contributed by atoms with Gasteiger partial charge < -0.3 is 14.6 Å². The van der Waals surface area contributed by atoms with Crippen LogP contribution in [0.1, 0.15) is 31.7 Å². The Balaban J connectivity index is 1.41. The van der Waals surface area contributed by atoms with Crippen LogP contribution in [0.5, 0.6) is 6.01 Å². The number of halogens is 1. The predicted octanol–water partition coefficient (Wildman–Crippen LogP) is 3.69. The molecule has 1 aliphatic rings. The van der Waals surface area contributed by atoms with Crippen molar-refractivity contribution in [1.82, 2.24) is 25.1 Å². The molecule has 30 heavy (non-hydrogen) atoms. The number of nitrogens with one attached hydrogen (secondary N) is 2. The molecule has 0 spiro atoms. The van der Waals surface area contributed by atoms with Crippen LogP contribution in [0.25, 0.3) is 22.4 Å². The maximum atomic E-state index is 11.1.